The molecule has 3 heteroatoms. The second kappa shape index (κ2) is 4.29. The van der Waals surface area contributed by atoms with E-state index in [4.69, 9.17) is 0 Å². The Hall–Kier alpha value is -0.930. The molecular weight excluding hydrogens is 193 g/mol. The van der Waals surface area contributed by atoms with Crippen molar-refractivity contribution in [2.75, 3.05) is 13.6 Å². The second-order valence-electron chi connectivity index (χ2n) is 4.16. The predicted octanol–water partition coefficient (Wildman–Crippen LogP) is 1.95. The molecule has 0 spiro atoms. The van der Waals surface area contributed by atoms with Crippen molar-refractivity contribution in [2.45, 2.75) is 25.0 Å². The zero-order chi connectivity index (χ0) is 10.8. The third-order valence-electron chi connectivity index (χ3n) is 3.17. The van der Waals surface area contributed by atoms with Crippen LogP contribution in [0.15, 0.2) is 24.3 Å². The zero-order valence-electron chi connectivity index (χ0n) is 8.86. The van der Waals surface area contributed by atoms with Gasteiger partial charge in [-0.3, -0.25) is 0 Å². The van der Waals surface area contributed by atoms with E-state index in [0.29, 0.717) is 5.56 Å². The number of benzene rings is 1. The molecule has 1 saturated heterocycles. The molecule has 1 aromatic carbocycles. The molecule has 1 aliphatic rings. The van der Waals surface area contributed by atoms with E-state index in [1.165, 1.54) is 6.07 Å². The maximum atomic E-state index is 13.4. The largest absolute Gasteiger partial charge is 0.387 e. The van der Waals surface area contributed by atoms with Gasteiger partial charge in [0.1, 0.15) is 5.82 Å². The summed E-state index contributed by atoms with van der Waals surface area (Å²) in [6, 6.07) is 6.52. The van der Waals surface area contributed by atoms with Gasteiger partial charge >= 0.3 is 0 Å². The van der Waals surface area contributed by atoms with Gasteiger partial charge in [0.2, 0.25) is 0 Å². The van der Waals surface area contributed by atoms with Crippen molar-refractivity contribution in [3.05, 3.63) is 35.6 Å². The number of hydrogen-bond donors (Lipinski definition) is 1. The molecule has 0 aliphatic carbocycles. The Morgan fingerprint density at radius 3 is 2.80 bits per heavy atom. The molecule has 0 radical (unpaired) electrons. The maximum Gasteiger partial charge on any atom is 0.129 e. The average Bonchev–Trinajstić information content (AvgIpc) is 2.64. The predicted molar refractivity (Wildman–Crippen MR) is 57.0 cm³/mol. The van der Waals surface area contributed by atoms with E-state index in [2.05, 4.69) is 4.90 Å². The van der Waals surface area contributed by atoms with Gasteiger partial charge in [0.15, 0.2) is 0 Å². The molecule has 1 heterocycles. The third kappa shape index (κ3) is 2.03. The number of likely N-dealkylation sites (tertiary alicyclic amines) is 1. The number of aliphatic hydroxyl groups is 1. The summed E-state index contributed by atoms with van der Waals surface area (Å²) in [7, 11) is 1.97. The summed E-state index contributed by atoms with van der Waals surface area (Å²) >= 11 is 0. The van der Waals surface area contributed by atoms with Crippen LogP contribution in [0.2, 0.25) is 0 Å². The standard InChI is InChI=1S/C12H16FNO/c1-14-8-4-7-11(14)12(15)9-5-2-3-6-10(9)13/h2-3,5-6,11-12,15H,4,7-8H2,1H3/t11-,12+/m0/s1. The molecule has 0 aromatic heterocycles. The number of aliphatic hydroxyl groups excluding tert-OH is 1. The SMILES string of the molecule is CN1CCC[C@H]1[C@H](O)c1ccccc1F. The van der Waals surface area contributed by atoms with Crippen LogP contribution in [-0.4, -0.2) is 29.6 Å². The van der Waals surface area contributed by atoms with Crippen molar-refractivity contribution in [1.29, 1.82) is 0 Å². The highest BCUT2D eigenvalue weighted by molar-refractivity contribution is 5.21. The first-order valence-corrected chi connectivity index (χ1v) is 5.33. The average molecular weight is 209 g/mol. The van der Waals surface area contributed by atoms with E-state index in [-0.39, 0.29) is 11.9 Å². The molecule has 0 amide bonds. The van der Waals surface area contributed by atoms with E-state index in [1.54, 1.807) is 18.2 Å². The van der Waals surface area contributed by atoms with Crippen molar-refractivity contribution in [3.8, 4) is 0 Å². The van der Waals surface area contributed by atoms with Gasteiger partial charge in [-0.1, -0.05) is 18.2 Å². The Labute approximate surface area is 89.3 Å². The van der Waals surface area contributed by atoms with Gasteiger partial charge in [-0.25, -0.2) is 4.39 Å². The van der Waals surface area contributed by atoms with Crippen LogP contribution in [0.3, 0.4) is 0 Å². The van der Waals surface area contributed by atoms with Crippen molar-refractivity contribution >= 4 is 0 Å². The van der Waals surface area contributed by atoms with Gasteiger partial charge < -0.3 is 10.0 Å². The zero-order valence-corrected chi connectivity index (χ0v) is 8.86. The van der Waals surface area contributed by atoms with Crippen molar-refractivity contribution < 1.29 is 9.50 Å². The van der Waals surface area contributed by atoms with Crippen LogP contribution in [0.1, 0.15) is 24.5 Å². The fourth-order valence-electron chi connectivity index (χ4n) is 2.26. The van der Waals surface area contributed by atoms with Crippen molar-refractivity contribution in [2.24, 2.45) is 0 Å². The van der Waals surface area contributed by atoms with Crippen LogP contribution < -0.4 is 0 Å². The van der Waals surface area contributed by atoms with E-state index in [1.807, 2.05) is 7.05 Å². The second-order valence-corrected chi connectivity index (χ2v) is 4.16. The minimum absolute atomic E-state index is 0.0573. The van der Waals surface area contributed by atoms with E-state index in [9.17, 15) is 9.50 Å². The molecule has 0 unspecified atom stereocenters. The fourth-order valence-corrected chi connectivity index (χ4v) is 2.26. The van der Waals surface area contributed by atoms with Crippen LogP contribution >= 0.6 is 0 Å². The van der Waals surface area contributed by atoms with Crippen LogP contribution in [0.4, 0.5) is 4.39 Å². The molecule has 1 fully saturated rings. The first kappa shape index (κ1) is 10.6. The summed E-state index contributed by atoms with van der Waals surface area (Å²) in [5.74, 6) is -0.315. The summed E-state index contributed by atoms with van der Waals surface area (Å²) in [6.07, 6.45) is 1.30. The summed E-state index contributed by atoms with van der Waals surface area (Å²) in [5, 5.41) is 10.1. The lowest BCUT2D eigenvalue weighted by atomic mass is 10.00. The van der Waals surface area contributed by atoms with Gasteiger partial charge in [0.25, 0.3) is 0 Å². The van der Waals surface area contributed by atoms with Gasteiger partial charge in [-0.15, -0.1) is 0 Å². The molecule has 1 N–H and O–H groups in total. The highest BCUT2D eigenvalue weighted by atomic mass is 19.1. The van der Waals surface area contributed by atoms with Gasteiger partial charge in [0.05, 0.1) is 6.10 Å². The molecular formula is C12H16FNO. The molecule has 1 aliphatic heterocycles. The number of rotatable bonds is 2. The Kier molecular flexibility index (Phi) is 3.03. The number of likely N-dealkylation sites (N-methyl/N-ethyl adjacent to an activating group) is 1. The molecule has 15 heavy (non-hydrogen) atoms. The lowest BCUT2D eigenvalue weighted by Gasteiger charge is -2.25. The Bertz CT molecular complexity index is 342. The van der Waals surface area contributed by atoms with Crippen molar-refractivity contribution in [1.82, 2.24) is 4.90 Å². The maximum absolute atomic E-state index is 13.4. The molecule has 2 atom stereocenters. The van der Waals surface area contributed by atoms with Crippen LogP contribution in [0.25, 0.3) is 0 Å². The lowest BCUT2D eigenvalue weighted by Crippen LogP contribution is -2.31. The van der Waals surface area contributed by atoms with Gasteiger partial charge in [-0.05, 0) is 32.5 Å². The van der Waals surface area contributed by atoms with Crippen LogP contribution in [0, 0.1) is 5.82 Å². The number of nitrogens with zero attached hydrogens (tertiary/aromatic N) is 1. The van der Waals surface area contributed by atoms with Gasteiger partial charge in [0, 0.05) is 11.6 Å². The molecule has 2 rings (SSSR count). The molecule has 82 valence electrons. The summed E-state index contributed by atoms with van der Waals surface area (Å²) < 4.78 is 13.4. The number of hydrogen-bond acceptors (Lipinski definition) is 2. The summed E-state index contributed by atoms with van der Waals surface area (Å²) in [5.41, 5.74) is 0.413. The molecule has 0 saturated carbocycles. The highest BCUT2D eigenvalue weighted by Crippen LogP contribution is 2.29. The minimum atomic E-state index is -0.710. The van der Waals surface area contributed by atoms with E-state index < -0.39 is 6.10 Å². The van der Waals surface area contributed by atoms with E-state index >= 15 is 0 Å². The highest BCUT2D eigenvalue weighted by Gasteiger charge is 2.30. The van der Waals surface area contributed by atoms with Crippen molar-refractivity contribution in [3.63, 3.8) is 0 Å². The monoisotopic (exact) mass is 209 g/mol. The Balaban J connectivity index is 2.20. The minimum Gasteiger partial charge on any atom is -0.387 e. The first-order chi connectivity index (χ1) is 7.20. The topological polar surface area (TPSA) is 23.5 Å². The molecule has 1 aromatic rings. The third-order valence-corrected chi connectivity index (χ3v) is 3.17. The molecule has 0 bridgehead atoms. The molecule has 2 nitrogen and oxygen atoms in total. The smallest absolute Gasteiger partial charge is 0.129 e. The van der Waals surface area contributed by atoms with E-state index in [0.717, 1.165) is 19.4 Å². The summed E-state index contributed by atoms with van der Waals surface area (Å²) in [4.78, 5) is 2.09. The Morgan fingerprint density at radius 1 is 1.47 bits per heavy atom. The summed E-state index contributed by atoms with van der Waals surface area (Å²) in [6.45, 7) is 0.982. The fraction of sp³-hybridized carbons (Fsp3) is 0.500. The first-order valence-electron chi connectivity index (χ1n) is 5.33. The van der Waals surface area contributed by atoms with Crippen LogP contribution in [-0.2, 0) is 0 Å². The van der Waals surface area contributed by atoms with Crippen LogP contribution in [0.5, 0.6) is 0 Å². The quantitative estimate of drug-likeness (QED) is 0.804. The normalized spacial score (nSPS) is 24.3. The van der Waals surface area contributed by atoms with Gasteiger partial charge in [-0.2, -0.15) is 0 Å². The Morgan fingerprint density at radius 2 is 2.20 bits per heavy atom. The lowest BCUT2D eigenvalue weighted by molar-refractivity contribution is 0.0827. The number of halogens is 1.